The summed E-state index contributed by atoms with van der Waals surface area (Å²) in [5.74, 6) is -1.59. The standard InChI is InChI=1S/C26H23ClN2O5S/c1-17(30)18-2-6-20(7-3-18)29-25(32)16-34-26(33)15-14-24(31)28-21-8-12-23(13-9-21)35-22-10-4-19(27)5-11-22/h2-13H,14-16H2,1H3,(H,28,31)(H,29,32). The van der Waals surface area contributed by atoms with E-state index in [1.807, 2.05) is 36.4 Å². The molecule has 0 saturated carbocycles. The van der Waals surface area contributed by atoms with Crippen LogP contribution in [-0.2, 0) is 19.1 Å². The molecule has 0 radical (unpaired) electrons. The number of amides is 2. The van der Waals surface area contributed by atoms with Crippen molar-refractivity contribution in [2.75, 3.05) is 17.2 Å². The van der Waals surface area contributed by atoms with Gasteiger partial charge in [-0.25, -0.2) is 0 Å². The van der Waals surface area contributed by atoms with Crippen molar-refractivity contribution in [2.45, 2.75) is 29.6 Å². The zero-order valence-corrected chi connectivity index (χ0v) is 20.4. The van der Waals surface area contributed by atoms with Crippen molar-refractivity contribution >= 4 is 58.3 Å². The Hall–Kier alpha value is -3.62. The summed E-state index contributed by atoms with van der Waals surface area (Å²) in [6.45, 7) is 0.980. The van der Waals surface area contributed by atoms with E-state index in [2.05, 4.69) is 10.6 Å². The number of nitrogens with one attached hydrogen (secondary N) is 2. The van der Waals surface area contributed by atoms with Crippen molar-refractivity contribution in [3.05, 3.63) is 83.4 Å². The second kappa shape index (κ2) is 12.7. The number of hydrogen-bond acceptors (Lipinski definition) is 6. The van der Waals surface area contributed by atoms with Gasteiger partial charge in [0.1, 0.15) is 0 Å². The fourth-order valence-corrected chi connectivity index (χ4v) is 3.83. The first-order valence-corrected chi connectivity index (χ1v) is 11.9. The average molecular weight is 511 g/mol. The Labute approximate surface area is 212 Å². The van der Waals surface area contributed by atoms with Crippen LogP contribution in [0.4, 0.5) is 11.4 Å². The predicted octanol–water partition coefficient (Wildman–Crippen LogP) is 5.59. The molecule has 0 aromatic heterocycles. The molecule has 3 aromatic carbocycles. The number of Topliss-reactive ketones (excluding diaryl/α,β-unsaturated/α-hetero) is 1. The van der Waals surface area contributed by atoms with Gasteiger partial charge >= 0.3 is 5.97 Å². The van der Waals surface area contributed by atoms with Gasteiger partial charge in [-0.15, -0.1) is 0 Å². The lowest BCUT2D eigenvalue weighted by Crippen LogP contribution is -2.21. The fourth-order valence-electron chi connectivity index (χ4n) is 2.89. The van der Waals surface area contributed by atoms with Crippen LogP contribution in [0, 0.1) is 0 Å². The monoisotopic (exact) mass is 510 g/mol. The largest absolute Gasteiger partial charge is 0.456 e. The van der Waals surface area contributed by atoms with E-state index in [0.29, 0.717) is 22.0 Å². The number of rotatable bonds is 10. The van der Waals surface area contributed by atoms with Crippen molar-refractivity contribution < 1.29 is 23.9 Å². The first kappa shape index (κ1) is 26.0. The van der Waals surface area contributed by atoms with Gasteiger partial charge in [0.25, 0.3) is 5.91 Å². The number of hydrogen-bond donors (Lipinski definition) is 2. The van der Waals surface area contributed by atoms with Crippen LogP contribution in [0.1, 0.15) is 30.1 Å². The van der Waals surface area contributed by atoms with Gasteiger partial charge in [-0.3, -0.25) is 19.2 Å². The normalized spacial score (nSPS) is 10.3. The molecular weight excluding hydrogens is 488 g/mol. The minimum atomic E-state index is -0.656. The van der Waals surface area contributed by atoms with E-state index in [-0.39, 0.29) is 24.5 Å². The SMILES string of the molecule is CC(=O)c1ccc(NC(=O)COC(=O)CCC(=O)Nc2ccc(Sc3ccc(Cl)cc3)cc2)cc1. The molecule has 0 unspecified atom stereocenters. The predicted molar refractivity (Wildman–Crippen MR) is 136 cm³/mol. The summed E-state index contributed by atoms with van der Waals surface area (Å²) in [5.41, 5.74) is 1.62. The third-order valence-electron chi connectivity index (χ3n) is 4.68. The number of carbonyl (C=O) groups is 4. The number of esters is 1. The van der Waals surface area contributed by atoms with Gasteiger partial charge in [0, 0.05) is 38.2 Å². The number of ether oxygens (including phenoxy) is 1. The summed E-state index contributed by atoms with van der Waals surface area (Å²) >= 11 is 7.47. The molecular formula is C26H23ClN2O5S. The highest BCUT2D eigenvalue weighted by Gasteiger charge is 2.11. The summed E-state index contributed by atoms with van der Waals surface area (Å²) in [6.07, 6.45) is -0.231. The Balaban J connectivity index is 1.35. The first-order valence-electron chi connectivity index (χ1n) is 10.7. The van der Waals surface area contributed by atoms with Crippen LogP contribution in [0.25, 0.3) is 0 Å². The van der Waals surface area contributed by atoms with Crippen LogP contribution >= 0.6 is 23.4 Å². The summed E-state index contributed by atoms with van der Waals surface area (Å²) in [4.78, 5) is 49.3. The Morgan fingerprint density at radius 3 is 1.83 bits per heavy atom. The number of benzene rings is 3. The van der Waals surface area contributed by atoms with E-state index >= 15 is 0 Å². The summed E-state index contributed by atoms with van der Waals surface area (Å²) in [5, 5.41) is 5.98. The molecule has 0 aliphatic heterocycles. The van der Waals surface area contributed by atoms with Crippen LogP contribution < -0.4 is 10.6 Å². The van der Waals surface area contributed by atoms with Gasteiger partial charge in [-0.2, -0.15) is 0 Å². The Morgan fingerprint density at radius 1 is 0.743 bits per heavy atom. The topological polar surface area (TPSA) is 102 Å². The second-order valence-corrected chi connectivity index (χ2v) is 9.05. The average Bonchev–Trinajstić information content (AvgIpc) is 2.84. The van der Waals surface area contributed by atoms with Gasteiger partial charge in [0.2, 0.25) is 5.91 Å². The van der Waals surface area contributed by atoms with E-state index in [4.69, 9.17) is 16.3 Å². The van der Waals surface area contributed by atoms with Crippen molar-refractivity contribution in [1.82, 2.24) is 0 Å². The molecule has 0 atom stereocenters. The lowest BCUT2D eigenvalue weighted by atomic mass is 10.1. The highest BCUT2D eigenvalue weighted by atomic mass is 35.5. The molecule has 0 bridgehead atoms. The lowest BCUT2D eigenvalue weighted by Gasteiger charge is -2.08. The summed E-state index contributed by atoms with van der Waals surface area (Å²) in [6, 6.07) is 21.2. The van der Waals surface area contributed by atoms with Crippen LogP contribution in [0.3, 0.4) is 0 Å². The molecule has 0 heterocycles. The van der Waals surface area contributed by atoms with E-state index in [0.717, 1.165) is 9.79 Å². The molecule has 180 valence electrons. The number of ketones is 1. The smallest absolute Gasteiger partial charge is 0.306 e. The Kier molecular flexibility index (Phi) is 9.46. The molecule has 0 saturated heterocycles. The third kappa shape index (κ3) is 8.92. The Morgan fingerprint density at radius 2 is 1.26 bits per heavy atom. The maximum atomic E-state index is 12.1. The minimum absolute atomic E-state index is 0.0752. The fraction of sp³-hybridized carbons (Fsp3) is 0.154. The van der Waals surface area contributed by atoms with Crippen molar-refractivity contribution in [1.29, 1.82) is 0 Å². The van der Waals surface area contributed by atoms with Gasteiger partial charge < -0.3 is 15.4 Å². The molecule has 2 amide bonds. The zero-order chi connectivity index (χ0) is 25.2. The molecule has 0 aliphatic rings. The van der Waals surface area contributed by atoms with E-state index in [9.17, 15) is 19.2 Å². The van der Waals surface area contributed by atoms with Crippen molar-refractivity contribution in [2.24, 2.45) is 0 Å². The molecule has 3 aromatic rings. The van der Waals surface area contributed by atoms with E-state index < -0.39 is 18.5 Å². The molecule has 0 aliphatic carbocycles. The molecule has 3 rings (SSSR count). The number of halogens is 1. The second-order valence-electron chi connectivity index (χ2n) is 7.47. The van der Waals surface area contributed by atoms with Crippen molar-refractivity contribution in [3.8, 4) is 0 Å². The molecule has 2 N–H and O–H groups in total. The van der Waals surface area contributed by atoms with Crippen LogP contribution in [-0.4, -0.2) is 30.2 Å². The zero-order valence-electron chi connectivity index (χ0n) is 18.9. The third-order valence-corrected chi connectivity index (χ3v) is 5.95. The quantitative estimate of drug-likeness (QED) is 0.272. The van der Waals surface area contributed by atoms with Crippen LogP contribution in [0.15, 0.2) is 82.6 Å². The molecule has 0 fully saturated rings. The summed E-state index contributed by atoms with van der Waals surface area (Å²) in [7, 11) is 0. The molecule has 0 spiro atoms. The minimum Gasteiger partial charge on any atom is -0.456 e. The molecule has 35 heavy (non-hydrogen) atoms. The maximum Gasteiger partial charge on any atom is 0.306 e. The lowest BCUT2D eigenvalue weighted by molar-refractivity contribution is -0.147. The number of anilines is 2. The highest BCUT2D eigenvalue weighted by molar-refractivity contribution is 7.99. The van der Waals surface area contributed by atoms with Gasteiger partial charge in [-0.1, -0.05) is 23.4 Å². The van der Waals surface area contributed by atoms with Crippen LogP contribution in [0.5, 0.6) is 0 Å². The van der Waals surface area contributed by atoms with Crippen LogP contribution in [0.2, 0.25) is 5.02 Å². The van der Waals surface area contributed by atoms with Gasteiger partial charge in [0.05, 0.1) is 6.42 Å². The molecule has 9 heteroatoms. The van der Waals surface area contributed by atoms with Crippen molar-refractivity contribution in [3.63, 3.8) is 0 Å². The van der Waals surface area contributed by atoms with Gasteiger partial charge in [-0.05, 0) is 79.7 Å². The number of carbonyl (C=O) groups excluding carboxylic acids is 4. The first-order chi connectivity index (χ1) is 16.8. The summed E-state index contributed by atoms with van der Waals surface area (Å²) < 4.78 is 4.92. The Bertz CT molecular complexity index is 1200. The highest BCUT2D eigenvalue weighted by Crippen LogP contribution is 2.29. The van der Waals surface area contributed by atoms with Gasteiger partial charge in [0.15, 0.2) is 12.4 Å². The van der Waals surface area contributed by atoms with E-state index in [1.165, 1.54) is 6.92 Å². The maximum absolute atomic E-state index is 12.1. The molecule has 7 nitrogen and oxygen atoms in total. The van der Waals surface area contributed by atoms with E-state index in [1.54, 1.807) is 48.2 Å².